The minimum absolute atomic E-state index is 0.0302. The number of rotatable bonds is 5. The summed E-state index contributed by atoms with van der Waals surface area (Å²) in [7, 11) is 1.71. The molecule has 0 amide bonds. The molecule has 3 rings (SSSR count). The van der Waals surface area contributed by atoms with Crippen LogP contribution < -0.4 is 10.9 Å². The Morgan fingerprint density at radius 1 is 1.52 bits per heavy atom. The molecule has 1 aliphatic rings. The number of nitrogens with one attached hydrogen (secondary N) is 2. The highest BCUT2D eigenvalue weighted by molar-refractivity contribution is 5.30. The van der Waals surface area contributed by atoms with Gasteiger partial charge in [0.2, 0.25) is 0 Å². The quantitative estimate of drug-likeness (QED) is 0.814. The SMILES string of the molecule is Cc1[nH]ncc1CN1CCO[C@@H](CNc2nccn(C)c2=O)C1. The van der Waals surface area contributed by atoms with Crippen LogP contribution in [0.5, 0.6) is 0 Å². The molecule has 2 aromatic rings. The molecule has 2 N–H and O–H groups in total. The van der Waals surface area contributed by atoms with E-state index in [9.17, 15) is 4.79 Å². The van der Waals surface area contributed by atoms with Crippen LogP contribution in [-0.2, 0) is 18.3 Å². The van der Waals surface area contributed by atoms with Gasteiger partial charge in [-0.25, -0.2) is 4.98 Å². The second-order valence-corrected chi connectivity index (χ2v) is 5.82. The van der Waals surface area contributed by atoms with Gasteiger partial charge in [-0.15, -0.1) is 0 Å². The third-order valence-corrected chi connectivity index (χ3v) is 4.07. The van der Waals surface area contributed by atoms with Gasteiger partial charge in [-0.3, -0.25) is 14.8 Å². The molecule has 0 radical (unpaired) electrons. The summed E-state index contributed by atoms with van der Waals surface area (Å²) in [5, 5.41) is 10.1. The van der Waals surface area contributed by atoms with Crippen LogP contribution in [0, 0.1) is 6.92 Å². The fourth-order valence-corrected chi connectivity index (χ4v) is 2.65. The molecule has 1 aliphatic heterocycles. The van der Waals surface area contributed by atoms with Crippen LogP contribution in [0.1, 0.15) is 11.3 Å². The molecule has 0 spiro atoms. The summed E-state index contributed by atoms with van der Waals surface area (Å²) in [6.45, 7) is 5.83. The molecule has 3 heterocycles. The minimum atomic E-state index is -0.130. The molecule has 1 saturated heterocycles. The van der Waals surface area contributed by atoms with Gasteiger partial charge in [-0.05, 0) is 6.92 Å². The van der Waals surface area contributed by atoms with Gasteiger partial charge in [0.05, 0.1) is 18.9 Å². The molecule has 23 heavy (non-hydrogen) atoms. The van der Waals surface area contributed by atoms with Crippen molar-refractivity contribution in [1.82, 2.24) is 24.6 Å². The van der Waals surface area contributed by atoms with E-state index >= 15 is 0 Å². The van der Waals surface area contributed by atoms with Crippen LogP contribution in [0.2, 0.25) is 0 Å². The second-order valence-electron chi connectivity index (χ2n) is 5.82. The highest BCUT2D eigenvalue weighted by Gasteiger charge is 2.21. The Morgan fingerprint density at radius 2 is 2.39 bits per heavy atom. The summed E-state index contributed by atoms with van der Waals surface area (Å²) in [6, 6.07) is 0. The van der Waals surface area contributed by atoms with Gasteiger partial charge in [0.1, 0.15) is 0 Å². The number of ether oxygens (including phenoxy) is 1. The number of H-pyrrole nitrogens is 1. The summed E-state index contributed by atoms with van der Waals surface area (Å²) in [5.41, 5.74) is 2.18. The minimum Gasteiger partial charge on any atom is -0.374 e. The molecule has 0 bridgehead atoms. The predicted molar refractivity (Wildman–Crippen MR) is 86.3 cm³/mol. The van der Waals surface area contributed by atoms with E-state index in [4.69, 9.17) is 4.74 Å². The second kappa shape index (κ2) is 6.93. The van der Waals surface area contributed by atoms with E-state index in [1.165, 1.54) is 10.1 Å². The molecule has 1 atom stereocenters. The van der Waals surface area contributed by atoms with Crippen molar-refractivity contribution >= 4 is 5.82 Å². The number of aryl methyl sites for hydroxylation is 2. The molecule has 8 nitrogen and oxygen atoms in total. The molecule has 0 aromatic carbocycles. The van der Waals surface area contributed by atoms with E-state index in [2.05, 4.69) is 25.4 Å². The first-order valence-corrected chi connectivity index (χ1v) is 7.72. The Bertz CT molecular complexity index is 710. The molecule has 0 saturated carbocycles. The van der Waals surface area contributed by atoms with Crippen molar-refractivity contribution in [1.29, 1.82) is 0 Å². The average Bonchev–Trinajstić information content (AvgIpc) is 2.94. The van der Waals surface area contributed by atoms with Gasteiger partial charge in [-0.2, -0.15) is 5.10 Å². The van der Waals surface area contributed by atoms with E-state index in [0.29, 0.717) is 19.0 Å². The van der Waals surface area contributed by atoms with Gasteiger partial charge >= 0.3 is 0 Å². The Morgan fingerprint density at radius 3 is 3.17 bits per heavy atom. The maximum Gasteiger partial charge on any atom is 0.293 e. The van der Waals surface area contributed by atoms with E-state index in [1.807, 2.05) is 13.1 Å². The molecule has 0 aliphatic carbocycles. The molecule has 124 valence electrons. The number of nitrogens with zero attached hydrogens (tertiary/aromatic N) is 4. The first kappa shape index (κ1) is 15.7. The highest BCUT2D eigenvalue weighted by Crippen LogP contribution is 2.12. The number of aromatic nitrogens is 4. The first-order valence-electron chi connectivity index (χ1n) is 7.72. The van der Waals surface area contributed by atoms with Crippen molar-refractivity contribution in [3.63, 3.8) is 0 Å². The molecular weight excluding hydrogens is 296 g/mol. The Kier molecular flexibility index (Phi) is 4.73. The van der Waals surface area contributed by atoms with Crippen LogP contribution in [0.25, 0.3) is 0 Å². The monoisotopic (exact) mass is 318 g/mol. The van der Waals surface area contributed by atoms with Crippen molar-refractivity contribution < 1.29 is 4.74 Å². The molecular formula is C15H22N6O2. The van der Waals surface area contributed by atoms with Gasteiger partial charge in [0.25, 0.3) is 5.56 Å². The van der Waals surface area contributed by atoms with Crippen molar-refractivity contribution in [2.75, 3.05) is 31.6 Å². The van der Waals surface area contributed by atoms with E-state index < -0.39 is 0 Å². The van der Waals surface area contributed by atoms with Crippen LogP contribution in [0.3, 0.4) is 0 Å². The van der Waals surface area contributed by atoms with Crippen LogP contribution >= 0.6 is 0 Å². The van der Waals surface area contributed by atoms with Crippen molar-refractivity contribution in [3.8, 4) is 0 Å². The Hall–Kier alpha value is -2.19. The lowest BCUT2D eigenvalue weighted by molar-refractivity contribution is -0.0241. The summed E-state index contributed by atoms with van der Waals surface area (Å²) in [6.07, 6.45) is 5.15. The summed E-state index contributed by atoms with van der Waals surface area (Å²) < 4.78 is 7.29. The molecule has 0 unspecified atom stereocenters. The number of morpholine rings is 1. The molecule has 2 aromatic heterocycles. The van der Waals surface area contributed by atoms with E-state index in [1.54, 1.807) is 19.4 Å². The molecule has 1 fully saturated rings. The lowest BCUT2D eigenvalue weighted by Crippen LogP contribution is -2.45. The van der Waals surface area contributed by atoms with Gasteiger partial charge in [0, 0.05) is 56.9 Å². The fraction of sp³-hybridized carbons (Fsp3) is 0.533. The van der Waals surface area contributed by atoms with Crippen molar-refractivity contribution in [2.45, 2.75) is 19.6 Å². The van der Waals surface area contributed by atoms with Gasteiger partial charge in [-0.1, -0.05) is 0 Å². The smallest absolute Gasteiger partial charge is 0.293 e. The summed E-state index contributed by atoms with van der Waals surface area (Å²) in [4.78, 5) is 18.4. The lowest BCUT2D eigenvalue weighted by atomic mass is 10.2. The van der Waals surface area contributed by atoms with E-state index in [0.717, 1.165) is 25.3 Å². The molecule has 8 heteroatoms. The van der Waals surface area contributed by atoms with Gasteiger partial charge in [0.15, 0.2) is 5.82 Å². The van der Waals surface area contributed by atoms with Crippen molar-refractivity contribution in [3.05, 3.63) is 40.2 Å². The lowest BCUT2D eigenvalue weighted by Gasteiger charge is -2.32. The topological polar surface area (TPSA) is 88.1 Å². The zero-order chi connectivity index (χ0) is 16.2. The zero-order valence-electron chi connectivity index (χ0n) is 13.5. The van der Waals surface area contributed by atoms with Crippen molar-refractivity contribution in [2.24, 2.45) is 7.05 Å². The zero-order valence-corrected chi connectivity index (χ0v) is 13.5. The Balaban J connectivity index is 1.55. The van der Waals surface area contributed by atoms with Gasteiger partial charge < -0.3 is 14.6 Å². The van der Waals surface area contributed by atoms with E-state index in [-0.39, 0.29) is 11.7 Å². The van der Waals surface area contributed by atoms with Crippen LogP contribution in [0.15, 0.2) is 23.4 Å². The predicted octanol–water partition coefficient (Wildman–Crippen LogP) is 0.125. The number of hydrogen-bond donors (Lipinski definition) is 2. The summed E-state index contributed by atoms with van der Waals surface area (Å²) >= 11 is 0. The third-order valence-electron chi connectivity index (χ3n) is 4.07. The van der Waals surface area contributed by atoms with Crippen LogP contribution in [-0.4, -0.2) is 57.0 Å². The largest absolute Gasteiger partial charge is 0.374 e. The number of aromatic amines is 1. The normalized spacial score (nSPS) is 19.0. The summed E-state index contributed by atoms with van der Waals surface area (Å²) in [5.74, 6) is 0.362. The highest BCUT2D eigenvalue weighted by atomic mass is 16.5. The van der Waals surface area contributed by atoms with Crippen LogP contribution in [0.4, 0.5) is 5.82 Å². The number of hydrogen-bond acceptors (Lipinski definition) is 6. The first-order chi connectivity index (χ1) is 11.1. The third kappa shape index (κ3) is 3.77. The maximum absolute atomic E-state index is 11.9. The Labute approximate surface area is 134 Å². The number of anilines is 1. The standard InChI is InChI=1S/C15H22N6O2/c1-11-12(7-18-19-11)9-21-5-6-23-13(10-21)8-17-14-15(22)20(2)4-3-16-14/h3-4,7,13H,5-6,8-10H2,1-2H3,(H,16,17)(H,18,19)/t13-/m0/s1. The fourth-order valence-electron chi connectivity index (χ4n) is 2.65. The maximum atomic E-state index is 11.9. The average molecular weight is 318 g/mol.